The Kier molecular flexibility index (Phi) is 8.20. The van der Waals surface area contributed by atoms with E-state index in [4.69, 9.17) is 5.26 Å². The predicted molar refractivity (Wildman–Crippen MR) is 108 cm³/mol. The number of rotatable bonds is 9. The topological polar surface area (TPSA) is 56.1 Å². The van der Waals surface area contributed by atoms with Gasteiger partial charge in [-0.1, -0.05) is 48.5 Å². The van der Waals surface area contributed by atoms with Crippen LogP contribution in [-0.4, -0.2) is 36.7 Å². The fourth-order valence-electron chi connectivity index (χ4n) is 2.61. The predicted octanol–water partition coefficient (Wildman–Crippen LogP) is 3.60. The fourth-order valence-corrected chi connectivity index (χ4v) is 3.47. The molecular weight excluding hydrogens is 342 g/mol. The fraction of sp³-hybridized carbons (Fsp3) is 0.333. The lowest BCUT2D eigenvalue weighted by molar-refractivity contribution is -0.122. The van der Waals surface area contributed by atoms with Crippen LogP contribution in [0.3, 0.4) is 0 Å². The van der Waals surface area contributed by atoms with Gasteiger partial charge in [0, 0.05) is 24.1 Å². The lowest BCUT2D eigenvalue weighted by atomic mass is 10.1. The lowest BCUT2D eigenvalue weighted by Gasteiger charge is -2.24. The van der Waals surface area contributed by atoms with Crippen molar-refractivity contribution in [2.24, 2.45) is 0 Å². The van der Waals surface area contributed by atoms with Crippen molar-refractivity contribution in [1.29, 1.82) is 5.26 Å². The number of nitrogens with zero attached hydrogens (tertiary/aromatic N) is 2. The maximum atomic E-state index is 12.1. The molecule has 26 heavy (non-hydrogen) atoms. The number of likely N-dealkylation sites (N-methyl/N-ethyl adjacent to an activating group) is 1. The average molecular weight is 368 g/mol. The molecule has 0 saturated heterocycles. The summed E-state index contributed by atoms with van der Waals surface area (Å²) >= 11 is 1.72. The van der Waals surface area contributed by atoms with E-state index in [2.05, 4.69) is 30.4 Å². The van der Waals surface area contributed by atoms with Crippen molar-refractivity contribution in [2.45, 2.75) is 18.7 Å². The molecule has 2 aromatic rings. The molecule has 0 aliphatic carbocycles. The van der Waals surface area contributed by atoms with E-state index < -0.39 is 0 Å². The Morgan fingerprint density at radius 2 is 1.88 bits per heavy atom. The second-order valence-electron chi connectivity index (χ2n) is 6.17. The summed E-state index contributed by atoms with van der Waals surface area (Å²) in [6.45, 7) is 3.11. The van der Waals surface area contributed by atoms with Crippen molar-refractivity contribution in [3.8, 4) is 6.07 Å². The first-order chi connectivity index (χ1) is 12.6. The van der Waals surface area contributed by atoms with E-state index in [1.165, 1.54) is 5.56 Å². The maximum Gasteiger partial charge on any atom is 0.234 e. The van der Waals surface area contributed by atoms with E-state index in [9.17, 15) is 4.79 Å². The Bertz CT molecular complexity index is 742. The summed E-state index contributed by atoms with van der Waals surface area (Å²) in [4.78, 5) is 14.2. The van der Waals surface area contributed by atoms with E-state index in [1.54, 1.807) is 11.8 Å². The molecule has 5 heteroatoms. The third-order valence-corrected chi connectivity index (χ3v) is 5.31. The van der Waals surface area contributed by atoms with Crippen LogP contribution in [0.2, 0.25) is 0 Å². The van der Waals surface area contributed by atoms with Crippen LogP contribution in [0.4, 0.5) is 0 Å². The minimum Gasteiger partial charge on any atom is -0.354 e. The zero-order valence-corrected chi connectivity index (χ0v) is 16.1. The summed E-state index contributed by atoms with van der Waals surface area (Å²) in [7, 11) is 1.96. The molecule has 0 aliphatic rings. The van der Waals surface area contributed by atoms with Crippen molar-refractivity contribution >= 4 is 17.7 Å². The van der Waals surface area contributed by atoms with Gasteiger partial charge < -0.3 is 5.32 Å². The van der Waals surface area contributed by atoms with Gasteiger partial charge in [-0.3, -0.25) is 9.69 Å². The normalized spacial score (nSPS) is 11.8. The summed E-state index contributed by atoms with van der Waals surface area (Å²) in [6.07, 6.45) is 0. The number of hydrogen-bond donors (Lipinski definition) is 1. The molecule has 0 unspecified atom stereocenters. The van der Waals surface area contributed by atoms with Gasteiger partial charge in [-0.05, 0) is 31.2 Å². The standard InChI is InChI=1S/C21H25N3OS/c1-17(18-8-4-3-5-9-18)24(2)15-21(25)23-12-13-26-16-20-11-7-6-10-19(20)14-22/h3-11,17H,12-13,15-16H2,1-2H3,(H,23,25)/t17-/m1/s1. The smallest absolute Gasteiger partial charge is 0.234 e. The number of thioether (sulfide) groups is 1. The summed E-state index contributed by atoms with van der Waals surface area (Å²) in [5.41, 5.74) is 2.97. The highest BCUT2D eigenvalue weighted by Crippen LogP contribution is 2.17. The summed E-state index contributed by atoms with van der Waals surface area (Å²) < 4.78 is 0. The molecule has 2 rings (SSSR count). The highest BCUT2D eigenvalue weighted by Gasteiger charge is 2.14. The van der Waals surface area contributed by atoms with Crippen LogP contribution < -0.4 is 5.32 Å². The van der Waals surface area contributed by atoms with Gasteiger partial charge >= 0.3 is 0 Å². The van der Waals surface area contributed by atoms with Crippen LogP contribution in [0, 0.1) is 11.3 Å². The number of amides is 1. The Hall–Kier alpha value is -2.29. The maximum absolute atomic E-state index is 12.1. The van der Waals surface area contributed by atoms with Crippen LogP contribution in [0.5, 0.6) is 0 Å². The Morgan fingerprint density at radius 3 is 2.62 bits per heavy atom. The molecule has 0 fully saturated rings. The summed E-state index contributed by atoms with van der Waals surface area (Å²) in [5, 5.41) is 12.1. The number of nitrogens with one attached hydrogen (secondary N) is 1. The van der Waals surface area contributed by atoms with Crippen LogP contribution in [0.25, 0.3) is 0 Å². The van der Waals surface area contributed by atoms with E-state index in [0.29, 0.717) is 13.1 Å². The Morgan fingerprint density at radius 1 is 1.19 bits per heavy atom. The molecular formula is C21H25N3OS. The van der Waals surface area contributed by atoms with Gasteiger partial charge in [0.25, 0.3) is 0 Å². The van der Waals surface area contributed by atoms with Crippen LogP contribution in [-0.2, 0) is 10.5 Å². The van der Waals surface area contributed by atoms with Crippen molar-refractivity contribution < 1.29 is 4.79 Å². The molecule has 2 aromatic carbocycles. The van der Waals surface area contributed by atoms with E-state index >= 15 is 0 Å². The third-order valence-electron chi connectivity index (χ3n) is 4.30. The van der Waals surface area contributed by atoms with E-state index in [1.807, 2.05) is 54.4 Å². The monoisotopic (exact) mass is 367 g/mol. The van der Waals surface area contributed by atoms with Gasteiger partial charge in [0.05, 0.1) is 18.2 Å². The molecule has 0 radical (unpaired) electrons. The Labute approximate surface area is 160 Å². The molecule has 1 amide bonds. The molecule has 0 aliphatic heterocycles. The number of benzene rings is 2. The highest BCUT2D eigenvalue weighted by molar-refractivity contribution is 7.98. The molecule has 0 aromatic heterocycles. The van der Waals surface area contributed by atoms with Crippen molar-refractivity contribution in [3.63, 3.8) is 0 Å². The zero-order chi connectivity index (χ0) is 18.8. The first kappa shape index (κ1) is 20.0. The minimum atomic E-state index is 0.0355. The molecule has 0 bridgehead atoms. The van der Waals surface area contributed by atoms with E-state index in [0.717, 1.165) is 22.6 Å². The molecule has 1 N–H and O–H groups in total. The first-order valence-electron chi connectivity index (χ1n) is 8.69. The van der Waals surface area contributed by atoms with E-state index in [-0.39, 0.29) is 11.9 Å². The van der Waals surface area contributed by atoms with Crippen molar-refractivity contribution in [1.82, 2.24) is 10.2 Å². The van der Waals surface area contributed by atoms with Gasteiger partial charge in [-0.25, -0.2) is 0 Å². The minimum absolute atomic E-state index is 0.0355. The van der Waals surface area contributed by atoms with Gasteiger partial charge in [-0.2, -0.15) is 17.0 Å². The molecule has 136 valence electrons. The van der Waals surface area contributed by atoms with Crippen LogP contribution in [0.15, 0.2) is 54.6 Å². The van der Waals surface area contributed by atoms with Crippen LogP contribution >= 0.6 is 11.8 Å². The molecule has 4 nitrogen and oxygen atoms in total. The Balaban J connectivity index is 1.67. The largest absolute Gasteiger partial charge is 0.354 e. The lowest BCUT2D eigenvalue weighted by Crippen LogP contribution is -2.37. The number of carbonyl (C=O) groups is 1. The molecule has 0 heterocycles. The zero-order valence-electron chi connectivity index (χ0n) is 15.3. The van der Waals surface area contributed by atoms with Gasteiger partial charge in [0.1, 0.15) is 0 Å². The van der Waals surface area contributed by atoms with Crippen molar-refractivity contribution in [2.75, 3.05) is 25.9 Å². The highest BCUT2D eigenvalue weighted by atomic mass is 32.2. The summed E-state index contributed by atoms with van der Waals surface area (Å²) in [5.74, 6) is 1.64. The van der Waals surface area contributed by atoms with Crippen molar-refractivity contribution in [3.05, 3.63) is 71.3 Å². The number of hydrogen-bond acceptors (Lipinski definition) is 4. The van der Waals surface area contributed by atoms with Gasteiger partial charge in [0.15, 0.2) is 0 Å². The van der Waals surface area contributed by atoms with Gasteiger partial charge in [-0.15, -0.1) is 0 Å². The third kappa shape index (κ3) is 6.21. The first-order valence-corrected chi connectivity index (χ1v) is 9.85. The SMILES string of the molecule is C[C@H](c1ccccc1)N(C)CC(=O)NCCSCc1ccccc1C#N. The van der Waals surface area contributed by atoms with Gasteiger partial charge in [0.2, 0.25) is 5.91 Å². The molecule has 0 spiro atoms. The second kappa shape index (κ2) is 10.6. The second-order valence-corrected chi connectivity index (χ2v) is 7.28. The molecule has 1 atom stereocenters. The quantitative estimate of drug-likeness (QED) is 0.688. The number of nitriles is 1. The molecule has 0 saturated carbocycles. The number of carbonyl (C=O) groups excluding carboxylic acids is 1. The van der Waals surface area contributed by atoms with Crippen LogP contribution in [0.1, 0.15) is 29.7 Å². The summed E-state index contributed by atoms with van der Waals surface area (Å²) in [6, 6.07) is 20.2. The average Bonchev–Trinajstić information content (AvgIpc) is 2.68.